The van der Waals surface area contributed by atoms with E-state index in [-0.39, 0.29) is 17.6 Å². The van der Waals surface area contributed by atoms with E-state index in [0.717, 1.165) is 12.7 Å². The van der Waals surface area contributed by atoms with E-state index in [9.17, 15) is 13.2 Å². The quantitative estimate of drug-likeness (QED) is 0.789. The van der Waals surface area contributed by atoms with Gasteiger partial charge < -0.3 is 14.4 Å². The first-order chi connectivity index (χ1) is 11.4. The van der Waals surface area contributed by atoms with E-state index < -0.39 is 15.6 Å². The van der Waals surface area contributed by atoms with Crippen LogP contribution < -0.4 is 4.74 Å². The topological polar surface area (TPSA) is 85.8 Å². The molecule has 1 spiro atoms. The Morgan fingerprint density at radius 2 is 2.17 bits per heavy atom. The van der Waals surface area contributed by atoms with Gasteiger partial charge in [-0.15, -0.1) is 0 Å². The van der Waals surface area contributed by atoms with Crippen molar-refractivity contribution in [2.75, 3.05) is 31.7 Å². The lowest BCUT2D eigenvalue weighted by molar-refractivity contribution is -0.133. The SMILES string of the molecule is CS(=O)(=O)CC(=O)N1CCC2(CC1)C[C@@H](Oc1ccccn1)CO2. The molecule has 1 aromatic heterocycles. The second-order valence-electron chi connectivity index (χ2n) is 6.56. The molecule has 0 unspecified atom stereocenters. The van der Waals surface area contributed by atoms with Crippen molar-refractivity contribution in [1.82, 2.24) is 9.88 Å². The third-order valence-electron chi connectivity index (χ3n) is 4.51. The highest BCUT2D eigenvalue weighted by molar-refractivity contribution is 7.91. The summed E-state index contributed by atoms with van der Waals surface area (Å²) in [5.74, 6) is -0.165. The number of ether oxygens (including phenoxy) is 2. The number of nitrogens with zero attached hydrogens (tertiary/aromatic N) is 2. The zero-order valence-corrected chi connectivity index (χ0v) is 14.5. The molecule has 0 N–H and O–H groups in total. The zero-order valence-electron chi connectivity index (χ0n) is 13.7. The first-order valence-corrected chi connectivity index (χ1v) is 10.1. The molecule has 24 heavy (non-hydrogen) atoms. The second-order valence-corrected chi connectivity index (χ2v) is 8.70. The Bertz CT molecular complexity index is 684. The van der Waals surface area contributed by atoms with Crippen molar-refractivity contribution in [3.05, 3.63) is 24.4 Å². The van der Waals surface area contributed by atoms with Crippen molar-refractivity contribution in [3.8, 4) is 5.88 Å². The van der Waals surface area contributed by atoms with E-state index >= 15 is 0 Å². The lowest BCUT2D eigenvalue weighted by Crippen LogP contribution is -2.48. The second kappa shape index (κ2) is 6.68. The summed E-state index contributed by atoms with van der Waals surface area (Å²) in [5, 5.41) is 0. The molecule has 8 heteroatoms. The van der Waals surface area contributed by atoms with Gasteiger partial charge in [-0.05, 0) is 18.9 Å². The number of amides is 1. The van der Waals surface area contributed by atoms with E-state index in [1.54, 1.807) is 11.1 Å². The van der Waals surface area contributed by atoms with Crippen molar-refractivity contribution >= 4 is 15.7 Å². The van der Waals surface area contributed by atoms with Crippen LogP contribution in [0.2, 0.25) is 0 Å². The van der Waals surface area contributed by atoms with Gasteiger partial charge in [-0.25, -0.2) is 13.4 Å². The third-order valence-corrected chi connectivity index (χ3v) is 5.28. The minimum absolute atomic E-state index is 0.0434. The molecule has 0 radical (unpaired) electrons. The average molecular weight is 354 g/mol. The number of sulfone groups is 1. The summed E-state index contributed by atoms with van der Waals surface area (Å²) in [5.41, 5.74) is -0.276. The van der Waals surface area contributed by atoms with Gasteiger partial charge in [0, 0.05) is 38.0 Å². The number of likely N-dealkylation sites (tertiary alicyclic amines) is 1. The molecular formula is C16H22N2O5S. The zero-order chi connectivity index (χ0) is 17.2. The van der Waals surface area contributed by atoms with E-state index in [0.29, 0.717) is 38.4 Å². The van der Waals surface area contributed by atoms with Gasteiger partial charge in [-0.3, -0.25) is 4.79 Å². The Hall–Kier alpha value is -1.67. The first-order valence-electron chi connectivity index (χ1n) is 8.02. The molecule has 1 aromatic rings. The summed E-state index contributed by atoms with van der Waals surface area (Å²) < 4.78 is 34.3. The fraction of sp³-hybridized carbons (Fsp3) is 0.625. The Balaban J connectivity index is 1.52. The predicted molar refractivity (Wildman–Crippen MR) is 87.5 cm³/mol. The molecule has 3 heterocycles. The first kappa shape index (κ1) is 17.2. The number of piperidine rings is 1. The Labute approximate surface area is 141 Å². The van der Waals surface area contributed by atoms with Gasteiger partial charge in [0.2, 0.25) is 11.8 Å². The van der Waals surface area contributed by atoms with Crippen molar-refractivity contribution in [1.29, 1.82) is 0 Å². The van der Waals surface area contributed by atoms with Crippen LogP contribution in [0.5, 0.6) is 5.88 Å². The van der Waals surface area contributed by atoms with Crippen molar-refractivity contribution in [3.63, 3.8) is 0 Å². The van der Waals surface area contributed by atoms with Crippen molar-refractivity contribution < 1.29 is 22.7 Å². The van der Waals surface area contributed by atoms with Gasteiger partial charge in [0.25, 0.3) is 0 Å². The van der Waals surface area contributed by atoms with Crippen LogP contribution in [0.15, 0.2) is 24.4 Å². The molecule has 0 bridgehead atoms. The fourth-order valence-electron chi connectivity index (χ4n) is 3.29. The maximum Gasteiger partial charge on any atom is 0.237 e. The number of hydrogen-bond acceptors (Lipinski definition) is 6. The lowest BCUT2D eigenvalue weighted by Gasteiger charge is -2.38. The summed E-state index contributed by atoms with van der Waals surface area (Å²) in [7, 11) is -3.29. The maximum atomic E-state index is 12.0. The van der Waals surface area contributed by atoms with Gasteiger partial charge in [-0.2, -0.15) is 0 Å². The Kier molecular flexibility index (Phi) is 4.78. The highest BCUT2D eigenvalue weighted by atomic mass is 32.2. The highest BCUT2D eigenvalue weighted by Gasteiger charge is 2.44. The smallest absolute Gasteiger partial charge is 0.237 e. The number of aromatic nitrogens is 1. The van der Waals surface area contributed by atoms with Crippen molar-refractivity contribution in [2.45, 2.75) is 31.0 Å². The number of carbonyl (C=O) groups excluding carboxylic acids is 1. The van der Waals surface area contributed by atoms with Crippen LogP contribution in [0.25, 0.3) is 0 Å². The van der Waals surface area contributed by atoms with E-state index in [1.807, 2.05) is 18.2 Å². The highest BCUT2D eigenvalue weighted by Crippen LogP contribution is 2.37. The van der Waals surface area contributed by atoms with Gasteiger partial charge in [0.1, 0.15) is 11.9 Å². The molecule has 132 valence electrons. The normalized spacial score (nSPS) is 23.4. The van der Waals surface area contributed by atoms with Crippen LogP contribution >= 0.6 is 0 Å². The Morgan fingerprint density at radius 3 is 2.79 bits per heavy atom. The molecule has 0 saturated carbocycles. The molecule has 1 amide bonds. The molecule has 2 fully saturated rings. The molecule has 3 rings (SSSR count). The minimum Gasteiger partial charge on any atom is -0.472 e. The summed E-state index contributed by atoms with van der Waals surface area (Å²) in [6.45, 7) is 1.54. The van der Waals surface area contributed by atoms with Crippen LogP contribution in [0.4, 0.5) is 0 Å². The van der Waals surface area contributed by atoms with Gasteiger partial charge in [-0.1, -0.05) is 6.07 Å². The molecule has 0 aliphatic carbocycles. The van der Waals surface area contributed by atoms with Crippen LogP contribution in [-0.4, -0.2) is 67.6 Å². The molecule has 1 atom stereocenters. The summed E-state index contributed by atoms with van der Waals surface area (Å²) >= 11 is 0. The van der Waals surface area contributed by atoms with E-state index in [2.05, 4.69) is 4.98 Å². The van der Waals surface area contributed by atoms with Gasteiger partial charge in [0.05, 0.1) is 12.2 Å². The molecule has 0 aromatic carbocycles. The summed E-state index contributed by atoms with van der Waals surface area (Å²) in [4.78, 5) is 17.8. The largest absolute Gasteiger partial charge is 0.472 e. The lowest BCUT2D eigenvalue weighted by atomic mass is 9.88. The van der Waals surface area contributed by atoms with Crippen LogP contribution in [0, 0.1) is 0 Å². The number of hydrogen-bond donors (Lipinski definition) is 0. The standard InChI is InChI=1S/C16H22N2O5S/c1-24(20,21)12-15(19)18-8-5-16(6-9-18)10-13(11-22-16)23-14-4-2-3-7-17-14/h2-4,7,13H,5-6,8-12H2,1H3/t13-/m1/s1. The van der Waals surface area contributed by atoms with Gasteiger partial charge >= 0.3 is 0 Å². The van der Waals surface area contributed by atoms with E-state index in [1.165, 1.54) is 0 Å². The van der Waals surface area contributed by atoms with E-state index in [4.69, 9.17) is 9.47 Å². The van der Waals surface area contributed by atoms with Gasteiger partial charge in [0.15, 0.2) is 9.84 Å². The van der Waals surface area contributed by atoms with Crippen LogP contribution in [0.1, 0.15) is 19.3 Å². The predicted octanol–water partition coefficient (Wildman–Crippen LogP) is 0.655. The minimum atomic E-state index is -3.29. The fourth-order valence-corrected chi connectivity index (χ4v) is 3.92. The summed E-state index contributed by atoms with van der Waals surface area (Å²) in [6, 6.07) is 5.53. The van der Waals surface area contributed by atoms with Crippen LogP contribution in [-0.2, 0) is 19.4 Å². The van der Waals surface area contributed by atoms with Crippen LogP contribution in [0.3, 0.4) is 0 Å². The van der Waals surface area contributed by atoms with Crippen molar-refractivity contribution in [2.24, 2.45) is 0 Å². The third kappa shape index (κ3) is 4.24. The average Bonchev–Trinajstić information content (AvgIpc) is 2.90. The molecule has 7 nitrogen and oxygen atoms in total. The molecule has 2 saturated heterocycles. The maximum absolute atomic E-state index is 12.0. The molecule has 2 aliphatic rings. The number of pyridine rings is 1. The molecular weight excluding hydrogens is 332 g/mol. The Morgan fingerprint density at radius 1 is 1.42 bits per heavy atom. The molecule has 2 aliphatic heterocycles. The number of carbonyl (C=O) groups is 1. The monoisotopic (exact) mass is 354 g/mol. The number of rotatable bonds is 4. The summed E-state index contributed by atoms with van der Waals surface area (Å²) in [6.07, 6.45) is 4.88.